The average molecular weight is 280 g/mol. The maximum Gasteiger partial charge on any atom is 0.194 e. The highest BCUT2D eigenvalue weighted by Gasteiger charge is 2.09. The standard InChI is InChI=1S/C15H18F2N2O/c1-2-5-18-6-3-4-15-19-10-14(20-15)11-7-12(16)9-13(17)8-11/h7-10,18H,2-6H2,1H3. The number of benzene rings is 1. The molecule has 0 fully saturated rings. The summed E-state index contributed by atoms with van der Waals surface area (Å²) in [6, 6.07) is 3.30. The number of nitrogens with zero attached hydrogens (tertiary/aromatic N) is 1. The summed E-state index contributed by atoms with van der Waals surface area (Å²) in [6.45, 7) is 4.02. The fourth-order valence-electron chi connectivity index (χ4n) is 1.92. The van der Waals surface area contributed by atoms with Gasteiger partial charge in [0.2, 0.25) is 0 Å². The summed E-state index contributed by atoms with van der Waals surface area (Å²) in [4.78, 5) is 4.13. The normalized spacial score (nSPS) is 10.9. The molecule has 0 spiro atoms. The second-order valence-corrected chi connectivity index (χ2v) is 4.63. The van der Waals surface area contributed by atoms with E-state index in [1.807, 2.05) is 0 Å². The lowest BCUT2D eigenvalue weighted by Crippen LogP contribution is -2.16. The van der Waals surface area contributed by atoms with Gasteiger partial charge >= 0.3 is 0 Å². The summed E-state index contributed by atoms with van der Waals surface area (Å²) in [6.07, 6.45) is 4.23. The topological polar surface area (TPSA) is 38.1 Å². The van der Waals surface area contributed by atoms with E-state index in [-0.39, 0.29) is 0 Å². The zero-order chi connectivity index (χ0) is 14.4. The van der Waals surface area contributed by atoms with E-state index in [1.165, 1.54) is 18.3 Å². The Bertz CT molecular complexity index is 534. The second kappa shape index (κ2) is 7.14. The van der Waals surface area contributed by atoms with Crippen molar-refractivity contribution in [3.05, 3.63) is 41.9 Å². The minimum Gasteiger partial charge on any atom is -0.441 e. The predicted octanol–water partition coefficient (Wildman–Crippen LogP) is 3.55. The van der Waals surface area contributed by atoms with Crippen LogP contribution < -0.4 is 5.32 Å². The molecule has 2 aromatic rings. The number of halogens is 2. The summed E-state index contributed by atoms with van der Waals surface area (Å²) in [7, 11) is 0. The van der Waals surface area contributed by atoms with Gasteiger partial charge in [0, 0.05) is 18.1 Å². The molecule has 3 nitrogen and oxygen atoms in total. The van der Waals surface area contributed by atoms with Crippen LogP contribution in [-0.4, -0.2) is 18.1 Å². The highest BCUT2D eigenvalue weighted by Crippen LogP contribution is 2.22. The zero-order valence-corrected chi connectivity index (χ0v) is 11.5. The molecule has 0 radical (unpaired) electrons. The number of aromatic nitrogens is 1. The van der Waals surface area contributed by atoms with Gasteiger partial charge in [0.05, 0.1) is 6.20 Å². The van der Waals surface area contributed by atoms with Gasteiger partial charge in [-0.25, -0.2) is 13.8 Å². The Morgan fingerprint density at radius 1 is 1.15 bits per heavy atom. The molecule has 0 aliphatic heterocycles. The monoisotopic (exact) mass is 280 g/mol. The predicted molar refractivity (Wildman–Crippen MR) is 73.3 cm³/mol. The zero-order valence-electron chi connectivity index (χ0n) is 11.5. The molecule has 1 heterocycles. The van der Waals surface area contributed by atoms with Gasteiger partial charge in [0.15, 0.2) is 11.7 Å². The number of hydrogen-bond acceptors (Lipinski definition) is 3. The largest absolute Gasteiger partial charge is 0.441 e. The van der Waals surface area contributed by atoms with Crippen molar-refractivity contribution in [1.29, 1.82) is 0 Å². The van der Waals surface area contributed by atoms with Gasteiger partial charge in [-0.2, -0.15) is 0 Å². The van der Waals surface area contributed by atoms with Gasteiger partial charge < -0.3 is 9.73 Å². The summed E-state index contributed by atoms with van der Waals surface area (Å²) in [5.41, 5.74) is 0.366. The van der Waals surface area contributed by atoms with Crippen LogP contribution in [0, 0.1) is 11.6 Å². The first-order valence-electron chi connectivity index (χ1n) is 6.81. The van der Waals surface area contributed by atoms with Crippen LogP contribution in [-0.2, 0) is 6.42 Å². The number of rotatable bonds is 7. The molecule has 1 N–H and O–H groups in total. The maximum atomic E-state index is 13.1. The fourth-order valence-corrected chi connectivity index (χ4v) is 1.92. The fraction of sp³-hybridized carbons (Fsp3) is 0.400. The number of oxazole rings is 1. The summed E-state index contributed by atoms with van der Waals surface area (Å²) in [5, 5.41) is 3.29. The molecule has 0 aliphatic carbocycles. The summed E-state index contributed by atoms with van der Waals surface area (Å²) in [5.74, 6) is -0.272. The van der Waals surface area contributed by atoms with Crippen molar-refractivity contribution in [2.24, 2.45) is 0 Å². The van der Waals surface area contributed by atoms with Crippen molar-refractivity contribution in [3.63, 3.8) is 0 Å². The van der Waals surface area contributed by atoms with Gasteiger partial charge in [-0.15, -0.1) is 0 Å². The Hall–Kier alpha value is -1.75. The Morgan fingerprint density at radius 2 is 1.90 bits per heavy atom. The summed E-state index contributed by atoms with van der Waals surface area (Å²) < 4.78 is 31.8. The lowest BCUT2D eigenvalue weighted by atomic mass is 10.2. The molecule has 108 valence electrons. The van der Waals surface area contributed by atoms with Crippen LogP contribution in [0.1, 0.15) is 25.7 Å². The Labute approximate surface area is 117 Å². The lowest BCUT2D eigenvalue weighted by Gasteiger charge is -2.00. The van der Waals surface area contributed by atoms with Crippen LogP contribution >= 0.6 is 0 Å². The highest BCUT2D eigenvalue weighted by molar-refractivity contribution is 5.56. The van der Waals surface area contributed by atoms with E-state index in [2.05, 4.69) is 17.2 Å². The molecule has 0 aliphatic rings. The number of hydrogen-bond donors (Lipinski definition) is 1. The molecule has 1 aromatic carbocycles. The van der Waals surface area contributed by atoms with E-state index in [9.17, 15) is 8.78 Å². The molecular weight excluding hydrogens is 262 g/mol. The van der Waals surface area contributed by atoms with E-state index in [4.69, 9.17) is 4.42 Å². The van der Waals surface area contributed by atoms with Crippen LogP contribution in [0.4, 0.5) is 8.78 Å². The molecule has 0 unspecified atom stereocenters. The minimum absolute atomic E-state index is 0.366. The molecule has 1 aromatic heterocycles. The Balaban J connectivity index is 1.94. The molecule has 2 rings (SSSR count). The van der Waals surface area contributed by atoms with Gasteiger partial charge in [-0.3, -0.25) is 0 Å². The van der Waals surface area contributed by atoms with Crippen molar-refractivity contribution in [2.45, 2.75) is 26.2 Å². The van der Waals surface area contributed by atoms with Crippen molar-refractivity contribution in [3.8, 4) is 11.3 Å². The first-order valence-corrected chi connectivity index (χ1v) is 6.81. The number of nitrogens with one attached hydrogen (secondary N) is 1. The highest BCUT2D eigenvalue weighted by atomic mass is 19.1. The first-order chi connectivity index (χ1) is 9.69. The van der Waals surface area contributed by atoms with Gasteiger partial charge in [-0.1, -0.05) is 6.92 Å². The van der Waals surface area contributed by atoms with Crippen molar-refractivity contribution in [2.75, 3.05) is 13.1 Å². The molecule has 20 heavy (non-hydrogen) atoms. The van der Waals surface area contributed by atoms with Crippen molar-refractivity contribution >= 4 is 0 Å². The van der Waals surface area contributed by atoms with Crippen LogP contribution in [0.25, 0.3) is 11.3 Å². The molecule has 0 bridgehead atoms. The van der Waals surface area contributed by atoms with Crippen LogP contribution in [0.15, 0.2) is 28.8 Å². The van der Waals surface area contributed by atoms with Crippen molar-refractivity contribution in [1.82, 2.24) is 10.3 Å². The third kappa shape index (κ3) is 4.13. The third-order valence-electron chi connectivity index (χ3n) is 2.87. The Morgan fingerprint density at radius 3 is 2.60 bits per heavy atom. The SMILES string of the molecule is CCCNCCCc1ncc(-c2cc(F)cc(F)c2)o1. The van der Waals surface area contributed by atoms with E-state index in [0.717, 1.165) is 32.0 Å². The third-order valence-corrected chi connectivity index (χ3v) is 2.87. The smallest absolute Gasteiger partial charge is 0.194 e. The number of aryl methyl sites for hydroxylation is 1. The quantitative estimate of drug-likeness (QED) is 0.788. The van der Waals surface area contributed by atoms with Crippen LogP contribution in [0.2, 0.25) is 0 Å². The molecule has 0 amide bonds. The van der Waals surface area contributed by atoms with E-state index >= 15 is 0 Å². The van der Waals surface area contributed by atoms with E-state index < -0.39 is 11.6 Å². The maximum absolute atomic E-state index is 13.1. The molecular formula is C15H18F2N2O. The second-order valence-electron chi connectivity index (χ2n) is 4.63. The molecule has 0 atom stereocenters. The summed E-state index contributed by atoms with van der Waals surface area (Å²) >= 11 is 0. The van der Waals surface area contributed by atoms with Crippen LogP contribution in [0.3, 0.4) is 0 Å². The minimum atomic E-state index is -0.623. The Kier molecular flexibility index (Phi) is 5.24. The molecule has 5 heteroatoms. The van der Waals surface area contributed by atoms with Crippen molar-refractivity contribution < 1.29 is 13.2 Å². The first kappa shape index (κ1) is 14.7. The van der Waals surface area contributed by atoms with E-state index in [0.29, 0.717) is 23.6 Å². The van der Waals surface area contributed by atoms with Gasteiger partial charge in [-0.05, 0) is 38.1 Å². The van der Waals surface area contributed by atoms with Gasteiger partial charge in [0.1, 0.15) is 11.6 Å². The van der Waals surface area contributed by atoms with E-state index in [1.54, 1.807) is 0 Å². The molecule has 0 saturated carbocycles. The average Bonchev–Trinajstić information content (AvgIpc) is 2.86. The van der Waals surface area contributed by atoms with Crippen LogP contribution in [0.5, 0.6) is 0 Å². The van der Waals surface area contributed by atoms with Gasteiger partial charge in [0.25, 0.3) is 0 Å². The lowest BCUT2D eigenvalue weighted by molar-refractivity contribution is 0.490. The molecule has 0 saturated heterocycles.